The van der Waals surface area contributed by atoms with Gasteiger partial charge in [-0.05, 0) is 51.2 Å². The zero-order valence-corrected chi connectivity index (χ0v) is 12.1. The van der Waals surface area contributed by atoms with E-state index in [0.29, 0.717) is 0 Å². The van der Waals surface area contributed by atoms with Gasteiger partial charge < -0.3 is 4.90 Å². The van der Waals surface area contributed by atoms with E-state index in [1.807, 2.05) is 7.05 Å². The fraction of sp³-hybridized carbons (Fsp3) is 0.500. The second-order valence-electron chi connectivity index (χ2n) is 4.77. The van der Waals surface area contributed by atoms with Crippen molar-refractivity contribution in [1.82, 2.24) is 9.62 Å². The molecule has 19 heavy (non-hydrogen) atoms. The molecule has 0 saturated carbocycles. The molecule has 106 valence electrons. The summed E-state index contributed by atoms with van der Waals surface area (Å²) < 4.78 is 40.0. The van der Waals surface area contributed by atoms with Gasteiger partial charge in [0.15, 0.2) is 0 Å². The number of hydrogen-bond donors (Lipinski definition) is 1. The van der Waals surface area contributed by atoms with Crippen LogP contribution in [0.3, 0.4) is 0 Å². The number of likely N-dealkylation sites (tertiary alicyclic amines) is 1. The second kappa shape index (κ2) is 5.75. The van der Waals surface area contributed by atoms with E-state index in [1.165, 1.54) is 6.07 Å². The maximum atomic E-state index is 13.0. The molecular formula is C12H16ClFN2O2S. The molecule has 0 amide bonds. The zero-order chi connectivity index (χ0) is 14.0. The van der Waals surface area contributed by atoms with Crippen LogP contribution in [0, 0.1) is 5.82 Å². The van der Waals surface area contributed by atoms with Crippen molar-refractivity contribution in [3.63, 3.8) is 0 Å². The highest BCUT2D eigenvalue weighted by Gasteiger charge is 2.23. The van der Waals surface area contributed by atoms with Crippen LogP contribution in [0.4, 0.5) is 4.39 Å². The number of sulfonamides is 1. The molecule has 1 saturated heterocycles. The molecular weight excluding hydrogens is 291 g/mol. The number of piperidine rings is 1. The van der Waals surface area contributed by atoms with Gasteiger partial charge in [-0.3, -0.25) is 0 Å². The van der Waals surface area contributed by atoms with Crippen LogP contribution in [0.1, 0.15) is 12.8 Å². The molecule has 1 aromatic carbocycles. The minimum atomic E-state index is -3.64. The summed E-state index contributed by atoms with van der Waals surface area (Å²) in [6, 6.07) is 3.34. The molecule has 0 aliphatic carbocycles. The molecule has 1 N–H and O–H groups in total. The molecule has 1 fully saturated rings. The number of benzene rings is 1. The van der Waals surface area contributed by atoms with Gasteiger partial charge >= 0.3 is 0 Å². The molecule has 1 heterocycles. The Morgan fingerprint density at radius 1 is 1.37 bits per heavy atom. The first-order chi connectivity index (χ1) is 8.88. The van der Waals surface area contributed by atoms with Gasteiger partial charge in [0.1, 0.15) is 5.82 Å². The summed E-state index contributed by atoms with van der Waals surface area (Å²) in [5.41, 5.74) is 0. The molecule has 0 bridgehead atoms. The van der Waals surface area contributed by atoms with Crippen LogP contribution in [0.15, 0.2) is 23.1 Å². The van der Waals surface area contributed by atoms with Crippen LogP contribution in [0.25, 0.3) is 0 Å². The normalized spacial score (nSPS) is 18.7. The summed E-state index contributed by atoms with van der Waals surface area (Å²) in [7, 11) is -1.63. The van der Waals surface area contributed by atoms with E-state index in [9.17, 15) is 12.8 Å². The van der Waals surface area contributed by atoms with E-state index in [0.717, 1.165) is 38.1 Å². The quantitative estimate of drug-likeness (QED) is 0.927. The molecule has 0 radical (unpaired) electrons. The van der Waals surface area contributed by atoms with E-state index in [-0.39, 0.29) is 16.0 Å². The van der Waals surface area contributed by atoms with Gasteiger partial charge in [-0.1, -0.05) is 11.6 Å². The van der Waals surface area contributed by atoms with Crippen molar-refractivity contribution in [3.8, 4) is 0 Å². The van der Waals surface area contributed by atoms with Crippen molar-refractivity contribution in [2.45, 2.75) is 23.8 Å². The summed E-state index contributed by atoms with van der Waals surface area (Å²) in [5, 5.41) is -0.189. The molecule has 1 aromatic rings. The van der Waals surface area contributed by atoms with Crippen molar-refractivity contribution in [3.05, 3.63) is 29.0 Å². The highest BCUT2D eigenvalue weighted by Crippen LogP contribution is 2.20. The molecule has 4 nitrogen and oxygen atoms in total. The summed E-state index contributed by atoms with van der Waals surface area (Å²) >= 11 is 5.61. The summed E-state index contributed by atoms with van der Waals surface area (Å²) in [4.78, 5) is 2.15. The van der Waals surface area contributed by atoms with Gasteiger partial charge in [-0.2, -0.15) is 0 Å². The van der Waals surface area contributed by atoms with Gasteiger partial charge in [-0.25, -0.2) is 17.5 Å². The molecule has 0 unspecified atom stereocenters. The van der Waals surface area contributed by atoms with Crippen LogP contribution >= 0.6 is 11.6 Å². The monoisotopic (exact) mass is 306 g/mol. The van der Waals surface area contributed by atoms with Crippen molar-refractivity contribution in [2.75, 3.05) is 20.1 Å². The smallest absolute Gasteiger partial charge is 0.240 e. The van der Waals surface area contributed by atoms with E-state index in [4.69, 9.17) is 11.6 Å². The largest absolute Gasteiger partial charge is 0.306 e. The second-order valence-corrected chi connectivity index (χ2v) is 6.90. The van der Waals surface area contributed by atoms with Crippen molar-refractivity contribution in [2.24, 2.45) is 0 Å². The first-order valence-corrected chi connectivity index (χ1v) is 7.90. The van der Waals surface area contributed by atoms with Crippen LogP contribution < -0.4 is 4.72 Å². The number of hydrogen-bond acceptors (Lipinski definition) is 3. The molecule has 7 heteroatoms. The Balaban J connectivity index is 2.11. The number of rotatable bonds is 3. The summed E-state index contributed by atoms with van der Waals surface area (Å²) in [6.07, 6.45) is 1.54. The lowest BCUT2D eigenvalue weighted by atomic mass is 10.1. The molecule has 0 aromatic heterocycles. The Kier molecular flexibility index (Phi) is 4.45. The maximum Gasteiger partial charge on any atom is 0.240 e. The Morgan fingerprint density at radius 2 is 2.00 bits per heavy atom. The highest BCUT2D eigenvalue weighted by atomic mass is 35.5. The third-order valence-electron chi connectivity index (χ3n) is 3.24. The van der Waals surface area contributed by atoms with E-state index >= 15 is 0 Å². The third kappa shape index (κ3) is 3.66. The first kappa shape index (κ1) is 14.7. The Hall–Kier alpha value is -0.690. The van der Waals surface area contributed by atoms with Crippen LogP contribution in [0.5, 0.6) is 0 Å². The fourth-order valence-corrected chi connectivity index (χ4v) is 3.63. The topological polar surface area (TPSA) is 49.4 Å². The van der Waals surface area contributed by atoms with Gasteiger partial charge in [0, 0.05) is 6.04 Å². The summed E-state index contributed by atoms with van der Waals surface area (Å²) in [5.74, 6) is -0.625. The van der Waals surface area contributed by atoms with Gasteiger partial charge in [0.2, 0.25) is 10.0 Å². The molecule has 2 rings (SSSR count). The van der Waals surface area contributed by atoms with Crippen molar-refractivity contribution >= 4 is 21.6 Å². The molecule has 1 aliphatic heterocycles. The average molecular weight is 307 g/mol. The molecule has 0 spiro atoms. The predicted octanol–water partition coefficient (Wildman–Crippen LogP) is 1.85. The highest BCUT2D eigenvalue weighted by molar-refractivity contribution is 7.89. The maximum absolute atomic E-state index is 13.0. The average Bonchev–Trinajstić information content (AvgIpc) is 2.35. The van der Waals surface area contributed by atoms with E-state index < -0.39 is 15.8 Å². The lowest BCUT2D eigenvalue weighted by Crippen LogP contribution is -2.43. The SMILES string of the molecule is CN1CCC(NS(=O)(=O)c2ccc(F)c(Cl)c2)CC1. The minimum Gasteiger partial charge on any atom is -0.306 e. The minimum absolute atomic E-state index is 0.00201. The fourth-order valence-electron chi connectivity index (χ4n) is 2.06. The Labute approximate surface area is 117 Å². The predicted molar refractivity (Wildman–Crippen MR) is 72.3 cm³/mol. The lowest BCUT2D eigenvalue weighted by Gasteiger charge is -2.29. The van der Waals surface area contributed by atoms with Gasteiger partial charge in [0.05, 0.1) is 9.92 Å². The number of nitrogens with zero attached hydrogens (tertiary/aromatic N) is 1. The zero-order valence-electron chi connectivity index (χ0n) is 10.6. The molecule has 1 aliphatic rings. The Morgan fingerprint density at radius 3 is 2.58 bits per heavy atom. The van der Waals surface area contributed by atoms with Gasteiger partial charge in [0.25, 0.3) is 0 Å². The number of nitrogens with one attached hydrogen (secondary N) is 1. The van der Waals surface area contributed by atoms with Gasteiger partial charge in [-0.15, -0.1) is 0 Å². The first-order valence-electron chi connectivity index (χ1n) is 6.04. The van der Waals surface area contributed by atoms with Crippen LogP contribution in [-0.2, 0) is 10.0 Å². The third-order valence-corrected chi connectivity index (χ3v) is 5.05. The standard InChI is InChI=1S/C12H16ClFN2O2S/c1-16-6-4-9(5-7-16)15-19(17,18)10-2-3-12(14)11(13)8-10/h2-3,8-9,15H,4-7H2,1H3. The van der Waals surface area contributed by atoms with Crippen molar-refractivity contribution < 1.29 is 12.8 Å². The van der Waals surface area contributed by atoms with Crippen molar-refractivity contribution in [1.29, 1.82) is 0 Å². The van der Waals surface area contributed by atoms with E-state index in [1.54, 1.807) is 0 Å². The van der Waals surface area contributed by atoms with Crippen LogP contribution in [-0.4, -0.2) is 39.5 Å². The molecule has 0 atom stereocenters. The Bertz CT molecular complexity index is 557. The number of halogens is 2. The van der Waals surface area contributed by atoms with Crippen LogP contribution in [0.2, 0.25) is 5.02 Å². The van der Waals surface area contributed by atoms with E-state index in [2.05, 4.69) is 9.62 Å². The lowest BCUT2D eigenvalue weighted by molar-refractivity contribution is 0.248. The summed E-state index contributed by atoms with van der Waals surface area (Å²) in [6.45, 7) is 1.72.